The van der Waals surface area contributed by atoms with E-state index in [4.69, 9.17) is 16.3 Å². The molecule has 2 aromatic carbocycles. The van der Waals surface area contributed by atoms with Gasteiger partial charge in [-0.25, -0.2) is 4.79 Å². The lowest BCUT2D eigenvalue weighted by Gasteiger charge is -2.37. The summed E-state index contributed by atoms with van der Waals surface area (Å²) in [4.78, 5) is 31.8. The minimum atomic E-state index is -0.264. The summed E-state index contributed by atoms with van der Waals surface area (Å²) in [5.74, 6) is 0.909. The Morgan fingerprint density at radius 2 is 1.95 bits per heavy atom. The van der Waals surface area contributed by atoms with Crippen LogP contribution in [0.5, 0.6) is 5.75 Å². The smallest absolute Gasteiger partial charge is 0.322 e. The molecule has 0 radical (unpaired) electrons. The summed E-state index contributed by atoms with van der Waals surface area (Å²) in [6.45, 7) is 9.58. The number of amides is 3. The van der Waals surface area contributed by atoms with Crippen molar-refractivity contribution < 1.29 is 14.3 Å². The van der Waals surface area contributed by atoms with E-state index in [-0.39, 0.29) is 30.4 Å². The van der Waals surface area contributed by atoms with Crippen molar-refractivity contribution in [3.8, 4) is 5.75 Å². The number of benzene rings is 2. The highest BCUT2D eigenvalue weighted by molar-refractivity contribution is 7.10. The third kappa shape index (κ3) is 6.88. The molecule has 3 amide bonds. The maximum absolute atomic E-state index is 13.8. The Labute approximate surface area is 234 Å². The molecule has 1 aliphatic heterocycles. The van der Waals surface area contributed by atoms with E-state index >= 15 is 0 Å². The molecule has 2 atom stereocenters. The van der Waals surface area contributed by atoms with Crippen molar-refractivity contribution in [3.05, 3.63) is 80.5 Å². The first-order valence-electron chi connectivity index (χ1n) is 13.1. The summed E-state index contributed by atoms with van der Waals surface area (Å²) >= 11 is 7.90. The van der Waals surface area contributed by atoms with Crippen LogP contribution in [0, 0.1) is 19.8 Å². The SMILES string of the molecule is CC[C@H](C)CN(CC(=O)N1CCc2sccc2[C@H]1COc1ccc(Cl)c(C)c1)C(=O)Nc1ccc(C)cc1. The predicted octanol–water partition coefficient (Wildman–Crippen LogP) is 7.10. The largest absolute Gasteiger partial charge is 0.491 e. The average Bonchev–Trinajstić information content (AvgIpc) is 3.39. The first-order valence-corrected chi connectivity index (χ1v) is 14.4. The lowest BCUT2D eigenvalue weighted by Crippen LogP contribution is -2.49. The molecular weight excluding hydrogens is 518 g/mol. The van der Waals surface area contributed by atoms with Gasteiger partial charge in [0.05, 0.1) is 6.04 Å². The Morgan fingerprint density at radius 3 is 2.66 bits per heavy atom. The van der Waals surface area contributed by atoms with Gasteiger partial charge in [-0.15, -0.1) is 11.3 Å². The molecule has 0 fully saturated rings. The van der Waals surface area contributed by atoms with Crippen LogP contribution in [0.25, 0.3) is 0 Å². The molecule has 0 bridgehead atoms. The van der Waals surface area contributed by atoms with Crippen LogP contribution in [-0.2, 0) is 11.2 Å². The van der Waals surface area contributed by atoms with Crippen molar-refractivity contribution in [1.29, 1.82) is 0 Å². The highest BCUT2D eigenvalue weighted by Gasteiger charge is 2.33. The van der Waals surface area contributed by atoms with Crippen molar-refractivity contribution in [2.24, 2.45) is 5.92 Å². The van der Waals surface area contributed by atoms with Gasteiger partial charge in [0.25, 0.3) is 0 Å². The van der Waals surface area contributed by atoms with Gasteiger partial charge in [-0.1, -0.05) is 49.6 Å². The van der Waals surface area contributed by atoms with Gasteiger partial charge in [-0.3, -0.25) is 4.79 Å². The highest BCUT2D eigenvalue weighted by atomic mass is 35.5. The molecule has 8 heteroatoms. The molecule has 1 aliphatic rings. The Hall–Kier alpha value is -3.03. The molecule has 202 valence electrons. The van der Waals surface area contributed by atoms with Crippen LogP contribution in [0.4, 0.5) is 10.5 Å². The van der Waals surface area contributed by atoms with Crippen LogP contribution in [0.3, 0.4) is 0 Å². The number of thiophene rings is 1. The van der Waals surface area contributed by atoms with Crippen LogP contribution < -0.4 is 10.1 Å². The number of ether oxygens (including phenoxy) is 1. The molecule has 0 aliphatic carbocycles. The van der Waals surface area contributed by atoms with Crippen LogP contribution in [-0.4, -0.2) is 48.0 Å². The lowest BCUT2D eigenvalue weighted by atomic mass is 10.00. The molecule has 1 N–H and O–H groups in total. The van der Waals surface area contributed by atoms with Gasteiger partial charge in [0.2, 0.25) is 5.91 Å². The van der Waals surface area contributed by atoms with E-state index in [0.717, 1.165) is 35.3 Å². The first-order chi connectivity index (χ1) is 18.2. The topological polar surface area (TPSA) is 61.9 Å². The molecule has 38 heavy (non-hydrogen) atoms. The lowest BCUT2D eigenvalue weighted by molar-refractivity contribution is -0.135. The van der Waals surface area contributed by atoms with E-state index in [1.807, 2.05) is 61.2 Å². The number of rotatable bonds is 9. The summed E-state index contributed by atoms with van der Waals surface area (Å²) in [5, 5.41) is 5.73. The van der Waals surface area contributed by atoms with E-state index in [2.05, 4.69) is 30.6 Å². The van der Waals surface area contributed by atoms with Gasteiger partial charge in [0, 0.05) is 28.7 Å². The first kappa shape index (κ1) is 28.0. The number of halogens is 1. The van der Waals surface area contributed by atoms with Crippen molar-refractivity contribution >= 4 is 40.6 Å². The Morgan fingerprint density at radius 1 is 1.18 bits per heavy atom. The molecule has 3 aromatic rings. The van der Waals surface area contributed by atoms with Crippen LogP contribution >= 0.6 is 22.9 Å². The molecule has 1 aromatic heterocycles. The number of carbonyl (C=O) groups excluding carboxylic acids is 2. The number of anilines is 1. The maximum Gasteiger partial charge on any atom is 0.322 e. The van der Waals surface area contributed by atoms with Crippen molar-refractivity contribution in [1.82, 2.24) is 9.80 Å². The second-order valence-corrected chi connectivity index (χ2v) is 11.5. The summed E-state index contributed by atoms with van der Waals surface area (Å²) < 4.78 is 6.17. The van der Waals surface area contributed by atoms with E-state index in [1.54, 1.807) is 16.2 Å². The minimum Gasteiger partial charge on any atom is -0.491 e. The van der Waals surface area contributed by atoms with Crippen LogP contribution in [0.2, 0.25) is 5.02 Å². The number of nitrogens with one attached hydrogen (secondary N) is 1. The third-order valence-electron chi connectivity index (χ3n) is 7.10. The van der Waals surface area contributed by atoms with Gasteiger partial charge in [-0.2, -0.15) is 0 Å². The second kappa shape index (κ2) is 12.7. The summed E-state index contributed by atoms with van der Waals surface area (Å²) in [6, 6.07) is 14.9. The number of hydrogen-bond donors (Lipinski definition) is 1. The molecule has 0 saturated heterocycles. The predicted molar refractivity (Wildman–Crippen MR) is 155 cm³/mol. The van der Waals surface area contributed by atoms with E-state index in [9.17, 15) is 9.59 Å². The van der Waals surface area contributed by atoms with E-state index < -0.39 is 0 Å². The van der Waals surface area contributed by atoms with E-state index in [1.165, 1.54) is 4.88 Å². The van der Waals surface area contributed by atoms with Gasteiger partial charge in [0.1, 0.15) is 18.9 Å². The van der Waals surface area contributed by atoms with Gasteiger partial charge in [-0.05, 0) is 79.1 Å². The molecule has 0 saturated carbocycles. The Kier molecular flexibility index (Phi) is 9.34. The van der Waals surface area contributed by atoms with E-state index in [0.29, 0.717) is 30.4 Å². The number of carbonyl (C=O) groups is 2. The summed E-state index contributed by atoms with van der Waals surface area (Å²) in [7, 11) is 0. The zero-order valence-electron chi connectivity index (χ0n) is 22.5. The fourth-order valence-electron chi connectivity index (χ4n) is 4.57. The molecular formula is C30H36ClN3O3S. The van der Waals surface area contributed by atoms with Crippen LogP contribution in [0.1, 0.15) is 47.9 Å². The van der Waals surface area contributed by atoms with Crippen molar-refractivity contribution in [2.45, 2.75) is 46.6 Å². The average molecular weight is 554 g/mol. The number of hydrogen-bond acceptors (Lipinski definition) is 4. The number of nitrogens with zero attached hydrogens (tertiary/aromatic N) is 2. The molecule has 0 spiro atoms. The summed E-state index contributed by atoms with van der Waals surface area (Å²) in [5.41, 5.74) is 3.90. The number of fused-ring (bicyclic) bond motifs is 1. The van der Waals surface area contributed by atoms with Gasteiger partial charge < -0.3 is 19.9 Å². The normalized spacial score (nSPS) is 15.5. The zero-order chi connectivity index (χ0) is 27.2. The highest BCUT2D eigenvalue weighted by Crippen LogP contribution is 2.34. The maximum atomic E-state index is 13.8. The minimum absolute atomic E-state index is 0.0120. The number of urea groups is 1. The number of aryl methyl sites for hydroxylation is 2. The van der Waals surface area contributed by atoms with Crippen LogP contribution in [0.15, 0.2) is 53.9 Å². The van der Waals surface area contributed by atoms with Crippen molar-refractivity contribution in [3.63, 3.8) is 0 Å². The monoisotopic (exact) mass is 553 g/mol. The zero-order valence-corrected chi connectivity index (χ0v) is 24.1. The Balaban J connectivity index is 1.51. The fourth-order valence-corrected chi connectivity index (χ4v) is 5.62. The quantitative estimate of drug-likeness (QED) is 0.307. The second-order valence-electron chi connectivity index (χ2n) is 10.1. The standard InChI is InChI=1S/C30H36ClN3O3S/c1-5-20(2)17-33(30(36)32-23-8-6-21(3)7-9-23)18-29(35)34-14-12-28-25(13-15-38-28)27(34)19-37-24-10-11-26(31)22(4)16-24/h6-11,13,15-16,20,27H,5,12,14,17-19H2,1-4H3,(H,32,36)/t20-,27+/m0/s1. The van der Waals surface area contributed by atoms with Gasteiger partial charge >= 0.3 is 6.03 Å². The fraction of sp³-hybridized carbons (Fsp3) is 0.400. The Bertz CT molecular complexity index is 1260. The molecule has 4 rings (SSSR count). The molecule has 0 unspecified atom stereocenters. The summed E-state index contributed by atoms with van der Waals surface area (Å²) in [6.07, 6.45) is 1.72. The van der Waals surface area contributed by atoms with Gasteiger partial charge in [0.15, 0.2) is 0 Å². The molecule has 6 nitrogen and oxygen atoms in total. The van der Waals surface area contributed by atoms with Crippen molar-refractivity contribution in [2.75, 3.05) is 31.6 Å². The molecule has 2 heterocycles. The third-order valence-corrected chi connectivity index (χ3v) is 8.52.